The molecule has 0 atom stereocenters. The van der Waals surface area contributed by atoms with Crippen LogP contribution in [0.15, 0.2) is 0 Å². The molecule has 0 amide bonds. The van der Waals surface area contributed by atoms with Gasteiger partial charge in [0, 0.05) is 13.2 Å². The molecule has 0 spiro atoms. The minimum atomic E-state index is -0.589. The van der Waals surface area contributed by atoms with Crippen LogP contribution in [0, 0.1) is 0 Å². The maximum Gasteiger partial charge on any atom is 0.304 e. The highest BCUT2D eigenvalue weighted by atomic mass is 28.3. The van der Waals surface area contributed by atoms with Gasteiger partial charge < -0.3 is 13.8 Å². The maximum atomic E-state index is 4.99. The van der Waals surface area contributed by atoms with Crippen LogP contribution in [0.4, 0.5) is 0 Å². The van der Waals surface area contributed by atoms with Gasteiger partial charge in [0.15, 0.2) is 0 Å². The average molecular weight is 278 g/mol. The first-order valence-electron chi connectivity index (χ1n) is 7.64. The van der Waals surface area contributed by atoms with Gasteiger partial charge in [-0.15, -0.1) is 0 Å². The van der Waals surface area contributed by atoms with Crippen molar-refractivity contribution >= 4 is 10.0 Å². The highest BCUT2D eigenvalue weighted by molar-refractivity contribution is 6.17. The Balaban J connectivity index is 0. The van der Waals surface area contributed by atoms with Crippen LogP contribution < -0.4 is 0 Å². The highest BCUT2D eigenvalue weighted by Crippen LogP contribution is 1.97. The first-order valence-corrected chi connectivity index (χ1v) is 8.79. The van der Waals surface area contributed by atoms with E-state index in [1.807, 2.05) is 13.8 Å². The van der Waals surface area contributed by atoms with Crippen LogP contribution in [0.2, 0.25) is 0 Å². The van der Waals surface area contributed by atoms with E-state index in [1.54, 1.807) is 0 Å². The molecule has 112 valence electrons. The summed E-state index contributed by atoms with van der Waals surface area (Å²) in [4.78, 5) is 2.55. The normalized spacial score (nSPS) is 10.3. The lowest BCUT2D eigenvalue weighted by Crippen LogP contribution is -2.25. The summed E-state index contributed by atoms with van der Waals surface area (Å²) in [5, 5.41) is 0. The molecule has 0 bridgehead atoms. The molecule has 0 heterocycles. The summed E-state index contributed by atoms with van der Waals surface area (Å²) in [5.74, 6) is 0. The van der Waals surface area contributed by atoms with Crippen molar-refractivity contribution in [3.05, 3.63) is 0 Å². The molecular weight excluding hydrogens is 242 g/mol. The second-order valence-electron chi connectivity index (χ2n) is 4.24. The van der Waals surface area contributed by atoms with Crippen molar-refractivity contribution in [2.75, 3.05) is 32.8 Å². The predicted octanol–water partition coefficient (Wildman–Crippen LogP) is 2.97. The molecule has 0 rings (SSSR count). The summed E-state index contributed by atoms with van der Waals surface area (Å²) >= 11 is 0. The van der Waals surface area contributed by atoms with Crippen molar-refractivity contribution in [2.45, 2.75) is 60.3 Å². The van der Waals surface area contributed by atoms with Gasteiger partial charge in [0.2, 0.25) is 0 Å². The van der Waals surface area contributed by atoms with E-state index >= 15 is 0 Å². The fourth-order valence-electron chi connectivity index (χ4n) is 1.42. The Hall–Kier alpha value is 0.0969. The van der Waals surface area contributed by atoms with E-state index in [0.29, 0.717) is 0 Å². The van der Waals surface area contributed by atoms with Gasteiger partial charge in [-0.25, -0.2) is 0 Å². The van der Waals surface area contributed by atoms with E-state index in [4.69, 9.17) is 8.85 Å². The lowest BCUT2D eigenvalue weighted by molar-refractivity contribution is 0.240. The van der Waals surface area contributed by atoms with Crippen molar-refractivity contribution in [2.24, 2.45) is 0 Å². The van der Waals surface area contributed by atoms with Crippen LogP contribution in [0.25, 0.3) is 0 Å². The quantitative estimate of drug-likeness (QED) is 0.428. The summed E-state index contributed by atoms with van der Waals surface area (Å²) in [5.41, 5.74) is 0. The number of unbranched alkanes of at least 4 members (excludes halogenated alkanes) is 2. The standard InChI is InChI=1S/C10H23N.C4H12O2Si/c1-4-7-9-11(6-3)10-8-5-2;1-3-5-7-6-4-2/h4-10H2,1-3H3;3-4,7H2,1-2H3. The monoisotopic (exact) mass is 277 g/mol. The summed E-state index contributed by atoms with van der Waals surface area (Å²) in [6.07, 6.45) is 5.36. The summed E-state index contributed by atoms with van der Waals surface area (Å²) in [6, 6.07) is 0. The van der Waals surface area contributed by atoms with Gasteiger partial charge in [0.05, 0.1) is 0 Å². The number of rotatable bonds is 11. The molecule has 0 aliphatic rings. The molecule has 0 aliphatic heterocycles. The second-order valence-corrected chi connectivity index (χ2v) is 5.30. The topological polar surface area (TPSA) is 21.7 Å². The van der Waals surface area contributed by atoms with E-state index < -0.39 is 10.0 Å². The first kappa shape index (κ1) is 20.4. The third kappa shape index (κ3) is 18.5. The Morgan fingerprint density at radius 1 is 0.778 bits per heavy atom. The molecule has 0 aromatic carbocycles. The van der Waals surface area contributed by atoms with Gasteiger partial charge in [0.25, 0.3) is 0 Å². The van der Waals surface area contributed by atoms with Crippen LogP contribution in [0.5, 0.6) is 0 Å². The lowest BCUT2D eigenvalue weighted by Gasteiger charge is -2.19. The van der Waals surface area contributed by atoms with Crippen LogP contribution in [0.1, 0.15) is 60.3 Å². The SMILES string of the molecule is CCCCN(CC)CCCC.CCO[SiH2]OCC. The minimum absolute atomic E-state index is 0.589. The van der Waals surface area contributed by atoms with E-state index in [9.17, 15) is 0 Å². The van der Waals surface area contributed by atoms with E-state index in [-0.39, 0.29) is 0 Å². The van der Waals surface area contributed by atoms with Gasteiger partial charge in [-0.2, -0.15) is 0 Å². The van der Waals surface area contributed by atoms with Crippen LogP contribution in [0.3, 0.4) is 0 Å². The van der Waals surface area contributed by atoms with Crippen LogP contribution in [-0.4, -0.2) is 47.8 Å². The summed E-state index contributed by atoms with van der Waals surface area (Å²) in [7, 11) is -0.589. The Bertz CT molecular complexity index is 125. The molecule has 0 aliphatic carbocycles. The summed E-state index contributed by atoms with van der Waals surface area (Å²) in [6.45, 7) is 16.1. The Morgan fingerprint density at radius 2 is 1.22 bits per heavy atom. The third-order valence-corrected chi connectivity index (χ3v) is 3.83. The zero-order chi connectivity index (χ0) is 14.1. The summed E-state index contributed by atoms with van der Waals surface area (Å²) < 4.78 is 9.98. The number of hydrogen-bond acceptors (Lipinski definition) is 3. The fourth-order valence-corrected chi connectivity index (χ4v) is 1.87. The maximum absolute atomic E-state index is 4.99. The predicted molar refractivity (Wildman–Crippen MR) is 83.7 cm³/mol. The number of nitrogens with zero attached hydrogens (tertiary/aromatic N) is 1. The average Bonchev–Trinajstić information content (AvgIpc) is 2.40. The molecule has 0 aromatic heterocycles. The smallest absolute Gasteiger partial charge is 0.304 e. The molecular formula is C14H35NO2Si. The highest BCUT2D eigenvalue weighted by Gasteiger charge is 1.98. The second kappa shape index (κ2) is 19.4. The zero-order valence-corrected chi connectivity index (χ0v) is 14.7. The van der Waals surface area contributed by atoms with E-state index in [0.717, 1.165) is 13.2 Å². The molecule has 0 saturated heterocycles. The zero-order valence-electron chi connectivity index (χ0n) is 13.3. The Kier molecular flexibility index (Phi) is 22.0. The van der Waals surface area contributed by atoms with Gasteiger partial charge in [0.1, 0.15) is 0 Å². The largest absolute Gasteiger partial charge is 0.399 e. The van der Waals surface area contributed by atoms with Gasteiger partial charge in [-0.05, 0) is 46.3 Å². The van der Waals surface area contributed by atoms with Crippen molar-refractivity contribution in [1.82, 2.24) is 4.90 Å². The van der Waals surface area contributed by atoms with Crippen molar-refractivity contribution in [3.63, 3.8) is 0 Å². The molecule has 18 heavy (non-hydrogen) atoms. The van der Waals surface area contributed by atoms with Crippen molar-refractivity contribution in [1.29, 1.82) is 0 Å². The van der Waals surface area contributed by atoms with Gasteiger partial charge in [-0.3, -0.25) is 0 Å². The molecule has 0 aromatic rings. The minimum Gasteiger partial charge on any atom is -0.399 e. The molecule has 3 nitrogen and oxygen atoms in total. The molecule has 0 saturated carbocycles. The number of hydrogen-bond donors (Lipinski definition) is 0. The van der Waals surface area contributed by atoms with E-state index in [2.05, 4.69) is 25.7 Å². The lowest BCUT2D eigenvalue weighted by atomic mass is 10.2. The molecule has 0 unspecified atom stereocenters. The van der Waals surface area contributed by atoms with Gasteiger partial charge in [-0.1, -0.05) is 33.6 Å². The Labute approximate surface area is 117 Å². The van der Waals surface area contributed by atoms with E-state index in [1.165, 1.54) is 45.3 Å². The van der Waals surface area contributed by atoms with Gasteiger partial charge >= 0.3 is 10.0 Å². The van der Waals surface area contributed by atoms with Crippen molar-refractivity contribution in [3.8, 4) is 0 Å². The molecule has 0 radical (unpaired) electrons. The molecule has 4 heteroatoms. The molecule has 0 fully saturated rings. The van der Waals surface area contributed by atoms with Crippen LogP contribution >= 0.6 is 0 Å². The molecule has 0 N–H and O–H groups in total. The third-order valence-electron chi connectivity index (χ3n) is 2.68. The van der Waals surface area contributed by atoms with Crippen molar-refractivity contribution < 1.29 is 8.85 Å². The first-order chi connectivity index (χ1) is 8.76. The van der Waals surface area contributed by atoms with Crippen LogP contribution in [-0.2, 0) is 8.85 Å². The Morgan fingerprint density at radius 3 is 1.50 bits per heavy atom. The fraction of sp³-hybridized carbons (Fsp3) is 1.00.